The van der Waals surface area contributed by atoms with Gasteiger partial charge in [0, 0.05) is 0 Å². The summed E-state index contributed by atoms with van der Waals surface area (Å²) in [6.45, 7) is 1.94. The average Bonchev–Trinajstić information content (AvgIpc) is 1.36. The molecular weight excluding hydrogens is 76.1 g/mol. The Bertz CT molecular complexity index is 26.5. The Morgan fingerprint density at radius 1 is 1.50 bits per heavy atom. The number of nitrogens with two attached hydrogens (primary N) is 1. The van der Waals surface area contributed by atoms with Gasteiger partial charge in [0.05, 0.1) is 6.17 Å². The third-order valence-electron chi connectivity index (χ3n) is 0.815. The first-order chi connectivity index (χ1) is 2.64. The summed E-state index contributed by atoms with van der Waals surface area (Å²) >= 11 is 0. The molecule has 0 radical (unpaired) electrons. The third kappa shape index (κ3) is 2.18. The summed E-state index contributed by atoms with van der Waals surface area (Å²) in [4.78, 5) is 1.94. The van der Waals surface area contributed by atoms with E-state index < -0.39 is 0 Å². The molecule has 0 bridgehead atoms. The van der Waals surface area contributed by atoms with Crippen molar-refractivity contribution in [3.8, 4) is 0 Å². The van der Waals surface area contributed by atoms with Crippen LogP contribution in [-0.2, 0) is 0 Å². The highest BCUT2D eigenvalue weighted by atomic mass is 15.2. The van der Waals surface area contributed by atoms with Crippen molar-refractivity contribution in [3.05, 3.63) is 0 Å². The van der Waals surface area contributed by atoms with Gasteiger partial charge in [0.15, 0.2) is 0 Å². The first-order valence-corrected chi connectivity index (χ1v) is 2.06. The minimum Gasteiger partial charge on any atom is -0.316 e. The Morgan fingerprint density at radius 2 is 1.67 bits per heavy atom. The van der Waals surface area contributed by atoms with E-state index in [9.17, 15) is 0 Å². The lowest BCUT2D eigenvalue weighted by atomic mass is 10.6. The van der Waals surface area contributed by atoms with E-state index in [0.717, 1.165) is 0 Å². The van der Waals surface area contributed by atoms with Crippen LogP contribution in [0.25, 0.3) is 0 Å². The molecule has 0 saturated heterocycles. The monoisotopic (exact) mass is 88.1 g/mol. The summed E-state index contributed by atoms with van der Waals surface area (Å²) in [5, 5.41) is 0. The van der Waals surface area contributed by atoms with Gasteiger partial charge in [-0.05, 0) is 21.0 Å². The van der Waals surface area contributed by atoms with E-state index in [1.165, 1.54) is 0 Å². The van der Waals surface area contributed by atoms with Gasteiger partial charge in [0.1, 0.15) is 0 Å². The van der Waals surface area contributed by atoms with E-state index in [2.05, 4.69) is 0 Å². The van der Waals surface area contributed by atoms with Crippen molar-refractivity contribution in [2.45, 2.75) is 13.1 Å². The van der Waals surface area contributed by atoms with E-state index >= 15 is 0 Å². The Labute approximate surface area is 38.9 Å². The number of hydrogen-bond donors (Lipinski definition) is 1. The van der Waals surface area contributed by atoms with E-state index in [-0.39, 0.29) is 6.17 Å². The van der Waals surface area contributed by atoms with E-state index in [1.807, 2.05) is 25.9 Å². The molecule has 0 aromatic rings. The molecule has 0 unspecified atom stereocenters. The number of hydrogen-bond acceptors (Lipinski definition) is 2. The Balaban J connectivity index is 2.99. The van der Waals surface area contributed by atoms with E-state index in [4.69, 9.17) is 5.73 Å². The lowest BCUT2D eigenvalue weighted by Crippen LogP contribution is -2.32. The van der Waals surface area contributed by atoms with Gasteiger partial charge in [-0.15, -0.1) is 0 Å². The molecule has 0 spiro atoms. The van der Waals surface area contributed by atoms with Gasteiger partial charge in [-0.2, -0.15) is 0 Å². The maximum Gasteiger partial charge on any atom is 0.0537 e. The zero-order chi connectivity index (χ0) is 5.15. The molecule has 6 heavy (non-hydrogen) atoms. The predicted octanol–water partition coefficient (Wildman–Crippen LogP) is -0.147. The van der Waals surface area contributed by atoms with Gasteiger partial charge in [0.2, 0.25) is 0 Å². The molecule has 0 aromatic carbocycles. The van der Waals surface area contributed by atoms with Crippen molar-refractivity contribution in [2.75, 3.05) is 14.1 Å². The molecule has 38 valence electrons. The predicted molar refractivity (Wildman–Crippen MR) is 27.3 cm³/mol. The van der Waals surface area contributed by atoms with Crippen LogP contribution >= 0.6 is 0 Å². The Hall–Kier alpha value is -0.0800. The fourth-order valence-corrected chi connectivity index (χ4v) is 0. The molecule has 1 atom stereocenters. The maximum atomic E-state index is 5.36. The zero-order valence-electron chi connectivity index (χ0n) is 4.60. The van der Waals surface area contributed by atoms with Gasteiger partial charge in [-0.25, -0.2) is 0 Å². The van der Waals surface area contributed by atoms with Crippen LogP contribution in [0.1, 0.15) is 6.92 Å². The van der Waals surface area contributed by atoms with Crippen LogP contribution in [0.5, 0.6) is 0 Å². The maximum absolute atomic E-state index is 5.36. The van der Waals surface area contributed by atoms with Gasteiger partial charge in [0.25, 0.3) is 0 Å². The van der Waals surface area contributed by atoms with Gasteiger partial charge in [-0.1, -0.05) is 0 Å². The first kappa shape index (κ1) is 5.92. The van der Waals surface area contributed by atoms with Crippen molar-refractivity contribution in [1.82, 2.24) is 4.90 Å². The molecule has 0 amide bonds. The Morgan fingerprint density at radius 3 is 1.67 bits per heavy atom. The molecule has 0 aliphatic heterocycles. The quantitative estimate of drug-likeness (QED) is 0.452. The molecule has 2 heteroatoms. The molecule has 0 aliphatic rings. The summed E-state index contributed by atoms with van der Waals surface area (Å²) < 4.78 is 0. The highest BCUT2D eigenvalue weighted by Crippen LogP contribution is 1.75. The lowest BCUT2D eigenvalue weighted by molar-refractivity contribution is 0.322. The van der Waals surface area contributed by atoms with Crippen molar-refractivity contribution < 1.29 is 0 Å². The Kier molecular flexibility index (Phi) is 2.13. The fraction of sp³-hybridized carbons (Fsp3) is 1.00. The minimum absolute atomic E-state index is 0.185. The topological polar surface area (TPSA) is 29.3 Å². The van der Waals surface area contributed by atoms with Crippen LogP contribution in [0.4, 0.5) is 0 Å². The molecule has 0 aromatic heterocycles. The van der Waals surface area contributed by atoms with E-state index in [1.54, 1.807) is 0 Å². The van der Waals surface area contributed by atoms with Gasteiger partial charge < -0.3 is 5.73 Å². The van der Waals surface area contributed by atoms with Crippen LogP contribution in [0, 0.1) is 0 Å². The summed E-state index contributed by atoms with van der Waals surface area (Å²) in [5.74, 6) is 0. The van der Waals surface area contributed by atoms with E-state index in [0.29, 0.717) is 0 Å². The normalized spacial score (nSPS) is 15.5. The molecule has 2 N–H and O–H groups in total. The molecule has 0 heterocycles. The highest BCUT2D eigenvalue weighted by molar-refractivity contribution is 4.43. The van der Waals surface area contributed by atoms with Crippen LogP contribution in [0.3, 0.4) is 0 Å². The smallest absolute Gasteiger partial charge is 0.0537 e. The van der Waals surface area contributed by atoms with Crippen LogP contribution in [0.15, 0.2) is 0 Å². The molecule has 0 rings (SSSR count). The molecule has 2 nitrogen and oxygen atoms in total. The highest BCUT2D eigenvalue weighted by Gasteiger charge is 1.90. The lowest BCUT2D eigenvalue weighted by Gasteiger charge is -2.12. The molecular formula is C4H12N2. The average molecular weight is 88.2 g/mol. The summed E-state index contributed by atoms with van der Waals surface area (Å²) in [6.07, 6.45) is 0.185. The number of nitrogens with zero attached hydrogens (tertiary/aromatic N) is 1. The number of rotatable bonds is 1. The SMILES string of the molecule is C[C@@H](N)N(C)C. The second-order valence-electron chi connectivity index (χ2n) is 1.70. The second kappa shape index (κ2) is 2.16. The fourth-order valence-electron chi connectivity index (χ4n) is 0. The summed E-state index contributed by atoms with van der Waals surface area (Å²) in [7, 11) is 3.90. The van der Waals surface area contributed by atoms with Gasteiger partial charge >= 0.3 is 0 Å². The zero-order valence-corrected chi connectivity index (χ0v) is 4.60. The van der Waals surface area contributed by atoms with Crippen molar-refractivity contribution in [2.24, 2.45) is 5.73 Å². The van der Waals surface area contributed by atoms with Crippen molar-refractivity contribution in [3.63, 3.8) is 0 Å². The van der Waals surface area contributed by atoms with Crippen LogP contribution in [-0.4, -0.2) is 25.2 Å². The van der Waals surface area contributed by atoms with Crippen molar-refractivity contribution in [1.29, 1.82) is 0 Å². The van der Waals surface area contributed by atoms with Crippen LogP contribution < -0.4 is 5.73 Å². The summed E-state index contributed by atoms with van der Waals surface area (Å²) in [6, 6.07) is 0. The van der Waals surface area contributed by atoms with Gasteiger partial charge in [-0.3, -0.25) is 4.90 Å². The molecule has 0 saturated carbocycles. The second-order valence-corrected chi connectivity index (χ2v) is 1.70. The first-order valence-electron chi connectivity index (χ1n) is 2.06. The summed E-state index contributed by atoms with van der Waals surface area (Å²) in [5.41, 5.74) is 5.36. The molecule has 0 fully saturated rings. The minimum atomic E-state index is 0.185. The molecule has 0 aliphatic carbocycles. The standard InChI is InChI=1S/C4H12N2/c1-4(5)6(2)3/h4H,5H2,1-3H3/t4-/m0/s1. The largest absolute Gasteiger partial charge is 0.316 e. The third-order valence-corrected chi connectivity index (χ3v) is 0.815. The van der Waals surface area contributed by atoms with Crippen LogP contribution in [0.2, 0.25) is 0 Å². The van der Waals surface area contributed by atoms with Crippen molar-refractivity contribution >= 4 is 0 Å².